The maximum atomic E-state index is 11.8. The minimum atomic E-state index is -0.150. The zero-order valence-electron chi connectivity index (χ0n) is 11.3. The molecule has 1 aromatic heterocycles. The molecule has 6 nitrogen and oxygen atoms in total. The monoisotopic (exact) mass is 286 g/mol. The lowest BCUT2D eigenvalue weighted by atomic mass is 10.2. The second-order valence-corrected chi connectivity index (χ2v) is 4.30. The van der Waals surface area contributed by atoms with Crippen LogP contribution in [0.15, 0.2) is 18.3 Å². The van der Waals surface area contributed by atoms with Gasteiger partial charge >= 0.3 is 0 Å². The normalized spacial score (nSPS) is 9.42. The SMILES string of the molecule is CN(C)C(=O)CN(C)C(=O)Cc1ccc(N)cn1.Cl. The van der Waals surface area contributed by atoms with Crippen molar-refractivity contribution in [2.24, 2.45) is 0 Å². The fourth-order valence-electron chi connectivity index (χ4n) is 1.26. The molecule has 0 spiro atoms. The molecule has 0 aromatic carbocycles. The lowest BCUT2D eigenvalue weighted by Gasteiger charge is -2.19. The standard InChI is InChI=1S/C12H18N4O2.ClH/c1-15(2)12(18)8-16(3)11(17)6-10-5-4-9(13)7-14-10;/h4-5,7H,6,8,13H2,1-3H3;1H. The van der Waals surface area contributed by atoms with E-state index in [-0.39, 0.29) is 37.2 Å². The van der Waals surface area contributed by atoms with Crippen LogP contribution in [0.25, 0.3) is 0 Å². The van der Waals surface area contributed by atoms with Gasteiger partial charge in [0.1, 0.15) is 0 Å². The van der Waals surface area contributed by atoms with Gasteiger partial charge < -0.3 is 15.5 Å². The summed E-state index contributed by atoms with van der Waals surface area (Å²) >= 11 is 0. The number of pyridine rings is 1. The van der Waals surface area contributed by atoms with Gasteiger partial charge in [-0.2, -0.15) is 0 Å². The van der Waals surface area contributed by atoms with Gasteiger partial charge in [-0.15, -0.1) is 12.4 Å². The van der Waals surface area contributed by atoms with Crippen molar-refractivity contribution in [1.29, 1.82) is 0 Å². The molecule has 2 amide bonds. The number of rotatable bonds is 4. The lowest BCUT2D eigenvalue weighted by molar-refractivity contribution is -0.137. The summed E-state index contributed by atoms with van der Waals surface area (Å²) in [6.45, 7) is 0.0702. The van der Waals surface area contributed by atoms with Crippen molar-refractivity contribution in [2.75, 3.05) is 33.4 Å². The molecule has 0 bridgehead atoms. The molecule has 0 saturated heterocycles. The number of anilines is 1. The first kappa shape index (κ1) is 17.2. The van der Waals surface area contributed by atoms with Crippen LogP contribution in [0.2, 0.25) is 0 Å². The quantitative estimate of drug-likeness (QED) is 0.856. The van der Waals surface area contributed by atoms with Gasteiger partial charge in [-0.25, -0.2) is 0 Å². The van der Waals surface area contributed by atoms with E-state index in [9.17, 15) is 9.59 Å². The number of carbonyl (C=O) groups is 2. The molecule has 0 aliphatic rings. The van der Waals surface area contributed by atoms with Gasteiger partial charge in [0.15, 0.2) is 0 Å². The van der Waals surface area contributed by atoms with E-state index in [0.29, 0.717) is 11.4 Å². The van der Waals surface area contributed by atoms with Gasteiger partial charge in [-0.3, -0.25) is 14.6 Å². The van der Waals surface area contributed by atoms with Crippen molar-refractivity contribution in [1.82, 2.24) is 14.8 Å². The smallest absolute Gasteiger partial charge is 0.241 e. The van der Waals surface area contributed by atoms with Crippen molar-refractivity contribution in [3.05, 3.63) is 24.0 Å². The summed E-state index contributed by atoms with van der Waals surface area (Å²) < 4.78 is 0. The van der Waals surface area contributed by atoms with E-state index in [1.165, 1.54) is 16.0 Å². The molecule has 7 heteroatoms. The molecule has 0 atom stereocenters. The Bertz CT molecular complexity index is 434. The van der Waals surface area contributed by atoms with Crippen LogP contribution in [0, 0.1) is 0 Å². The van der Waals surface area contributed by atoms with E-state index in [2.05, 4.69) is 4.98 Å². The first-order chi connectivity index (χ1) is 8.40. The molecule has 0 fully saturated rings. The minimum absolute atomic E-state index is 0. The Morgan fingerprint density at radius 1 is 1.21 bits per heavy atom. The zero-order chi connectivity index (χ0) is 13.7. The molecule has 0 aliphatic carbocycles. The molecule has 19 heavy (non-hydrogen) atoms. The van der Waals surface area contributed by atoms with E-state index >= 15 is 0 Å². The third-order valence-corrected chi connectivity index (χ3v) is 2.48. The van der Waals surface area contributed by atoms with E-state index in [0.717, 1.165) is 0 Å². The Hall–Kier alpha value is -1.82. The summed E-state index contributed by atoms with van der Waals surface area (Å²) in [4.78, 5) is 30.2. The molecule has 0 aliphatic heterocycles. The highest BCUT2D eigenvalue weighted by Crippen LogP contribution is 2.03. The summed E-state index contributed by atoms with van der Waals surface area (Å²) in [5.74, 6) is -0.265. The van der Waals surface area contributed by atoms with Crippen LogP contribution in [0.1, 0.15) is 5.69 Å². The third kappa shape index (κ3) is 5.56. The Kier molecular flexibility index (Phi) is 6.85. The summed E-state index contributed by atoms with van der Waals surface area (Å²) in [5.41, 5.74) is 6.70. The van der Waals surface area contributed by atoms with E-state index in [4.69, 9.17) is 5.73 Å². The number of amides is 2. The van der Waals surface area contributed by atoms with Crippen molar-refractivity contribution in [2.45, 2.75) is 6.42 Å². The number of carbonyl (C=O) groups excluding carboxylic acids is 2. The number of halogens is 1. The number of likely N-dealkylation sites (N-methyl/N-ethyl adjacent to an activating group) is 2. The van der Waals surface area contributed by atoms with E-state index in [1.807, 2.05) is 0 Å². The Balaban J connectivity index is 0.00000324. The van der Waals surface area contributed by atoms with Crippen LogP contribution in [-0.4, -0.2) is 54.3 Å². The van der Waals surface area contributed by atoms with Crippen LogP contribution in [0.5, 0.6) is 0 Å². The summed E-state index contributed by atoms with van der Waals surface area (Å²) in [5, 5.41) is 0. The largest absolute Gasteiger partial charge is 0.397 e. The zero-order valence-corrected chi connectivity index (χ0v) is 12.1. The molecule has 0 radical (unpaired) electrons. The molecule has 1 heterocycles. The highest BCUT2D eigenvalue weighted by atomic mass is 35.5. The van der Waals surface area contributed by atoms with Gasteiger partial charge in [0.2, 0.25) is 11.8 Å². The van der Waals surface area contributed by atoms with E-state index in [1.54, 1.807) is 33.3 Å². The minimum Gasteiger partial charge on any atom is -0.397 e. The summed E-state index contributed by atoms with van der Waals surface area (Å²) in [7, 11) is 4.91. The first-order valence-electron chi connectivity index (χ1n) is 5.54. The molecule has 1 aromatic rings. The van der Waals surface area contributed by atoms with Gasteiger partial charge in [-0.1, -0.05) is 0 Å². The van der Waals surface area contributed by atoms with E-state index < -0.39 is 0 Å². The molecule has 0 unspecified atom stereocenters. The highest BCUT2D eigenvalue weighted by molar-refractivity contribution is 5.85. The average molecular weight is 287 g/mol. The lowest BCUT2D eigenvalue weighted by Crippen LogP contribution is -2.38. The highest BCUT2D eigenvalue weighted by Gasteiger charge is 2.14. The van der Waals surface area contributed by atoms with Gasteiger partial charge in [0.05, 0.1) is 24.8 Å². The Labute approximate surface area is 119 Å². The van der Waals surface area contributed by atoms with Crippen LogP contribution in [-0.2, 0) is 16.0 Å². The summed E-state index contributed by atoms with van der Waals surface area (Å²) in [6, 6.07) is 3.40. The second kappa shape index (κ2) is 7.58. The van der Waals surface area contributed by atoms with Crippen LogP contribution < -0.4 is 5.73 Å². The third-order valence-electron chi connectivity index (χ3n) is 2.48. The van der Waals surface area contributed by atoms with Crippen molar-refractivity contribution in [3.63, 3.8) is 0 Å². The number of hydrogen-bond donors (Lipinski definition) is 1. The molecule has 106 valence electrons. The Morgan fingerprint density at radius 2 is 1.84 bits per heavy atom. The second-order valence-electron chi connectivity index (χ2n) is 4.30. The molecule has 2 N–H and O–H groups in total. The van der Waals surface area contributed by atoms with Crippen LogP contribution >= 0.6 is 12.4 Å². The van der Waals surface area contributed by atoms with Gasteiger partial charge in [0, 0.05) is 26.8 Å². The predicted molar refractivity (Wildman–Crippen MR) is 75.9 cm³/mol. The van der Waals surface area contributed by atoms with Crippen LogP contribution in [0.4, 0.5) is 5.69 Å². The topological polar surface area (TPSA) is 79.5 Å². The fraction of sp³-hybridized carbons (Fsp3) is 0.417. The number of nitrogens with two attached hydrogens (primary N) is 1. The number of nitrogens with zero attached hydrogens (tertiary/aromatic N) is 3. The van der Waals surface area contributed by atoms with Gasteiger partial charge in [-0.05, 0) is 12.1 Å². The average Bonchev–Trinajstić information content (AvgIpc) is 2.31. The number of nitrogen functional groups attached to an aromatic ring is 1. The molecular formula is C12H19ClN4O2. The van der Waals surface area contributed by atoms with Crippen molar-refractivity contribution >= 4 is 29.9 Å². The predicted octanol–water partition coefficient (Wildman–Crippen LogP) is 0.175. The Morgan fingerprint density at radius 3 is 2.32 bits per heavy atom. The van der Waals surface area contributed by atoms with Gasteiger partial charge in [0.25, 0.3) is 0 Å². The molecular weight excluding hydrogens is 268 g/mol. The molecule has 0 saturated carbocycles. The number of hydrogen-bond acceptors (Lipinski definition) is 4. The maximum absolute atomic E-state index is 11.8. The molecule has 1 rings (SSSR count). The van der Waals surface area contributed by atoms with Crippen molar-refractivity contribution in [3.8, 4) is 0 Å². The maximum Gasteiger partial charge on any atom is 0.241 e. The number of aromatic nitrogens is 1. The summed E-state index contributed by atoms with van der Waals surface area (Å²) in [6.07, 6.45) is 1.67. The fourth-order valence-corrected chi connectivity index (χ4v) is 1.26. The first-order valence-corrected chi connectivity index (χ1v) is 5.54. The van der Waals surface area contributed by atoms with Crippen molar-refractivity contribution < 1.29 is 9.59 Å². The van der Waals surface area contributed by atoms with Crippen LogP contribution in [0.3, 0.4) is 0 Å².